The summed E-state index contributed by atoms with van der Waals surface area (Å²) >= 11 is 1.48. The molecule has 0 aromatic carbocycles. The predicted molar refractivity (Wildman–Crippen MR) is 103 cm³/mol. The third-order valence-corrected chi connectivity index (χ3v) is 5.91. The Bertz CT molecular complexity index is 717. The van der Waals surface area contributed by atoms with Crippen LogP contribution < -0.4 is 14.5 Å². The molecule has 2 aromatic rings. The first-order valence-electron chi connectivity index (χ1n) is 9.57. The van der Waals surface area contributed by atoms with Crippen molar-refractivity contribution in [1.82, 2.24) is 19.3 Å². The Morgan fingerprint density at radius 1 is 0.962 bits per heavy atom. The Morgan fingerprint density at radius 2 is 1.77 bits per heavy atom. The van der Waals surface area contributed by atoms with E-state index in [2.05, 4.69) is 24.1 Å². The molecule has 4 rings (SSSR count). The summed E-state index contributed by atoms with van der Waals surface area (Å²) in [6, 6.07) is 0. The van der Waals surface area contributed by atoms with Gasteiger partial charge >= 0.3 is 0 Å². The lowest BCUT2D eigenvalue weighted by Gasteiger charge is -2.24. The van der Waals surface area contributed by atoms with E-state index in [0.717, 1.165) is 62.2 Å². The number of hydrogen-bond acceptors (Lipinski definition) is 8. The topological polar surface area (TPSA) is 67.3 Å². The van der Waals surface area contributed by atoms with Crippen molar-refractivity contribution in [2.45, 2.75) is 51.6 Å². The largest absolute Gasteiger partial charge is 0.473 e. The number of hydrogen-bond donors (Lipinski definition) is 0. The Hall–Kier alpha value is -1.96. The van der Waals surface area contributed by atoms with Crippen molar-refractivity contribution >= 4 is 22.5 Å². The standard InChI is InChI=1S/C18H26N6OS/c1-14-20-18(26-22-14)24-9-5-8-23(10-11-24)16-12-19-13-17(21-16)25-15-6-3-2-4-7-15/h12-13,15H,2-11H2,1H3. The van der Waals surface area contributed by atoms with Gasteiger partial charge in [0.2, 0.25) is 11.0 Å². The van der Waals surface area contributed by atoms with Gasteiger partial charge in [-0.2, -0.15) is 9.36 Å². The van der Waals surface area contributed by atoms with Gasteiger partial charge < -0.3 is 14.5 Å². The van der Waals surface area contributed by atoms with Gasteiger partial charge in [-0.3, -0.25) is 4.98 Å². The first-order valence-corrected chi connectivity index (χ1v) is 10.3. The van der Waals surface area contributed by atoms with Gasteiger partial charge in [0.15, 0.2) is 5.82 Å². The first-order chi connectivity index (χ1) is 12.8. The zero-order valence-corrected chi connectivity index (χ0v) is 16.1. The van der Waals surface area contributed by atoms with E-state index in [9.17, 15) is 0 Å². The smallest absolute Gasteiger partial charge is 0.234 e. The molecule has 3 heterocycles. The van der Waals surface area contributed by atoms with Crippen molar-refractivity contribution in [1.29, 1.82) is 0 Å². The van der Waals surface area contributed by atoms with Gasteiger partial charge in [0.05, 0.1) is 12.4 Å². The second-order valence-electron chi connectivity index (χ2n) is 7.05. The molecule has 1 aliphatic heterocycles. The van der Waals surface area contributed by atoms with Crippen LogP contribution in [-0.4, -0.2) is 51.6 Å². The summed E-state index contributed by atoms with van der Waals surface area (Å²) in [6.07, 6.45) is 11.0. The minimum atomic E-state index is 0.300. The van der Waals surface area contributed by atoms with Crippen LogP contribution in [0.1, 0.15) is 44.3 Å². The van der Waals surface area contributed by atoms with Crippen LogP contribution in [0.5, 0.6) is 5.88 Å². The highest BCUT2D eigenvalue weighted by molar-refractivity contribution is 7.09. The molecular formula is C18H26N6OS. The van der Waals surface area contributed by atoms with Crippen molar-refractivity contribution in [2.75, 3.05) is 36.0 Å². The maximum atomic E-state index is 6.08. The highest BCUT2D eigenvalue weighted by Crippen LogP contribution is 2.24. The van der Waals surface area contributed by atoms with Crippen LogP contribution in [0, 0.1) is 6.92 Å². The molecule has 0 amide bonds. The molecule has 0 atom stereocenters. The summed E-state index contributed by atoms with van der Waals surface area (Å²) in [5.41, 5.74) is 0. The molecular weight excluding hydrogens is 348 g/mol. The van der Waals surface area contributed by atoms with E-state index < -0.39 is 0 Å². The molecule has 1 saturated heterocycles. The van der Waals surface area contributed by atoms with Crippen molar-refractivity contribution in [3.05, 3.63) is 18.2 Å². The molecule has 0 spiro atoms. The normalized spacial score (nSPS) is 19.4. The summed E-state index contributed by atoms with van der Waals surface area (Å²) in [4.78, 5) is 18.2. The number of aromatic nitrogens is 4. The molecule has 2 fully saturated rings. The van der Waals surface area contributed by atoms with Crippen molar-refractivity contribution < 1.29 is 4.74 Å². The van der Waals surface area contributed by atoms with Gasteiger partial charge in [0, 0.05) is 37.7 Å². The lowest BCUT2D eigenvalue weighted by Crippen LogP contribution is -2.31. The van der Waals surface area contributed by atoms with Crippen molar-refractivity contribution in [3.8, 4) is 5.88 Å². The lowest BCUT2D eigenvalue weighted by molar-refractivity contribution is 0.148. The van der Waals surface area contributed by atoms with Gasteiger partial charge in [0.25, 0.3) is 0 Å². The van der Waals surface area contributed by atoms with E-state index in [1.807, 2.05) is 13.1 Å². The van der Waals surface area contributed by atoms with Crippen LogP contribution in [-0.2, 0) is 0 Å². The van der Waals surface area contributed by atoms with E-state index in [1.165, 1.54) is 30.8 Å². The molecule has 1 saturated carbocycles. The third-order valence-electron chi connectivity index (χ3n) is 5.05. The Balaban J connectivity index is 1.40. The fraction of sp³-hybridized carbons (Fsp3) is 0.667. The van der Waals surface area contributed by atoms with Crippen LogP contribution in [0.25, 0.3) is 0 Å². The third kappa shape index (κ3) is 4.23. The van der Waals surface area contributed by atoms with Gasteiger partial charge in [0.1, 0.15) is 11.9 Å². The van der Waals surface area contributed by atoms with Crippen molar-refractivity contribution in [2.24, 2.45) is 0 Å². The Kier molecular flexibility index (Phi) is 5.48. The molecule has 2 aromatic heterocycles. The molecule has 0 unspecified atom stereocenters. The molecule has 1 aliphatic carbocycles. The van der Waals surface area contributed by atoms with E-state index in [1.54, 1.807) is 6.20 Å². The van der Waals surface area contributed by atoms with Crippen LogP contribution in [0.4, 0.5) is 10.9 Å². The number of aryl methyl sites for hydroxylation is 1. The molecule has 0 bridgehead atoms. The maximum absolute atomic E-state index is 6.08. The summed E-state index contributed by atoms with van der Waals surface area (Å²) in [5.74, 6) is 2.42. The summed E-state index contributed by atoms with van der Waals surface area (Å²) in [7, 11) is 0. The fourth-order valence-corrected chi connectivity index (χ4v) is 4.38. The molecule has 0 radical (unpaired) electrons. The minimum absolute atomic E-state index is 0.300. The van der Waals surface area contributed by atoms with Crippen LogP contribution >= 0.6 is 11.5 Å². The summed E-state index contributed by atoms with van der Waals surface area (Å²) in [6.45, 7) is 5.73. The minimum Gasteiger partial charge on any atom is -0.473 e. The average molecular weight is 375 g/mol. The van der Waals surface area contributed by atoms with E-state index >= 15 is 0 Å². The quantitative estimate of drug-likeness (QED) is 0.815. The van der Waals surface area contributed by atoms with Crippen molar-refractivity contribution in [3.63, 3.8) is 0 Å². The summed E-state index contributed by atoms with van der Waals surface area (Å²) in [5, 5.41) is 1.02. The Labute approximate surface area is 158 Å². The first kappa shape index (κ1) is 17.5. The molecule has 140 valence electrons. The number of anilines is 2. The number of nitrogens with zero attached hydrogens (tertiary/aromatic N) is 6. The summed E-state index contributed by atoms with van der Waals surface area (Å²) < 4.78 is 10.4. The maximum Gasteiger partial charge on any atom is 0.234 e. The highest BCUT2D eigenvalue weighted by atomic mass is 32.1. The second kappa shape index (κ2) is 8.16. The Morgan fingerprint density at radius 3 is 2.58 bits per heavy atom. The van der Waals surface area contributed by atoms with Crippen LogP contribution in [0.15, 0.2) is 12.4 Å². The number of rotatable bonds is 4. The van der Waals surface area contributed by atoms with Gasteiger partial charge in [-0.25, -0.2) is 4.98 Å². The zero-order chi connectivity index (χ0) is 17.8. The predicted octanol–water partition coefficient (Wildman–Crippen LogP) is 3.06. The van der Waals surface area contributed by atoms with Gasteiger partial charge in [-0.1, -0.05) is 6.42 Å². The highest BCUT2D eigenvalue weighted by Gasteiger charge is 2.20. The van der Waals surface area contributed by atoms with Gasteiger partial charge in [-0.05, 0) is 39.0 Å². The zero-order valence-electron chi connectivity index (χ0n) is 15.3. The van der Waals surface area contributed by atoms with Crippen LogP contribution in [0.3, 0.4) is 0 Å². The molecule has 0 N–H and O–H groups in total. The van der Waals surface area contributed by atoms with E-state index in [4.69, 9.17) is 9.72 Å². The van der Waals surface area contributed by atoms with Gasteiger partial charge in [-0.15, -0.1) is 0 Å². The van der Waals surface area contributed by atoms with E-state index in [-0.39, 0.29) is 0 Å². The average Bonchev–Trinajstić information content (AvgIpc) is 2.95. The molecule has 8 heteroatoms. The molecule has 2 aliphatic rings. The molecule has 26 heavy (non-hydrogen) atoms. The van der Waals surface area contributed by atoms with E-state index in [0.29, 0.717) is 12.0 Å². The van der Waals surface area contributed by atoms with Crippen LogP contribution in [0.2, 0.25) is 0 Å². The number of ether oxygens (including phenoxy) is 1. The SMILES string of the molecule is Cc1nsc(N2CCCN(c3cncc(OC4CCCCC4)n3)CC2)n1. The monoisotopic (exact) mass is 374 g/mol. The lowest BCUT2D eigenvalue weighted by atomic mass is 9.98. The second-order valence-corrected chi connectivity index (χ2v) is 7.78. The molecule has 7 nitrogen and oxygen atoms in total. The fourth-order valence-electron chi connectivity index (χ4n) is 3.65.